The molecule has 1 unspecified atom stereocenters. The molecule has 1 N–H and O–H groups in total. The third kappa shape index (κ3) is 3.63. The summed E-state index contributed by atoms with van der Waals surface area (Å²) < 4.78 is 0. The molecule has 0 aliphatic heterocycles. The second-order valence-corrected chi connectivity index (χ2v) is 5.06. The van der Waals surface area contributed by atoms with E-state index < -0.39 is 12.0 Å². The van der Waals surface area contributed by atoms with E-state index in [0.717, 1.165) is 16.3 Å². The summed E-state index contributed by atoms with van der Waals surface area (Å²) in [6, 6.07) is 13.2. The van der Waals surface area contributed by atoms with Crippen molar-refractivity contribution in [1.82, 2.24) is 0 Å². The number of benzene rings is 2. The predicted molar refractivity (Wildman–Crippen MR) is 79.1 cm³/mol. The fraction of sp³-hybridized carbons (Fsp3) is 0.312. The number of hydrogen-bond acceptors (Lipinski definition) is 3. The second-order valence-electron chi connectivity index (χ2n) is 5.06. The van der Waals surface area contributed by atoms with Gasteiger partial charge in [0.05, 0.1) is 6.04 Å². The summed E-state index contributed by atoms with van der Waals surface area (Å²) >= 11 is 0. The van der Waals surface area contributed by atoms with Crippen LogP contribution in [0.4, 0.5) is 0 Å². The molecule has 0 amide bonds. The SMILES string of the molecule is CC(C)N=NC(Cc1ccc2ccccc2c1)C(=O)O. The van der Waals surface area contributed by atoms with E-state index in [4.69, 9.17) is 0 Å². The van der Waals surface area contributed by atoms with Crippen LogP contribution in [0.3, 0.4) is 0 Å². The lowest BCUT2D eigenvalue weighted by molar-refractivity contribution is -0.138. The van der Waals surface area contributed by atoms with Crippen LogP contribution in [0.25, 0.3) is 10.8 Å². The van der Waals surface area contributed by atoms with Gasteiger partial charge in [-0.25, -0.2) is 4.79 Å². The molecule has 0 radical (unpaired) electrons. The van der Waals surface area contributed by atoms with Gasteiger partial charge in [-0.05, 0) is 30.2 Å². The van der Waals surface area contributed by atoms with Crippen molar-refractivity contribution in [2.24, 2.45) is 10.2 Å². The lowest BCUT2D eigenvalue weighted by Crippen LogP contribution is -2.20. The van der Waals surface area contributed by atoms with Crippen LogP contribution in [0.5, 0.6) is 0 Å². The molecule has 0 aromatic heterocycles. The normalized spacial score (nSPS) is 13.2. The van der Waals surface area contributed by atoms with Gasteiger partial charge in [-0.1, -0.05) is 42.5 Å². The molecule has 1 atom stereocenters. The van der Waals surface area contributed by atoms with E-state index in [2.05, 4.69) is 10.2 Å². The Morgan fingerprint density at radius 2 is 1.80 bits per heavy atom. The van der Waals surface area contributed by atoms with Crippen molar-refractivity contribution in [3.63, 3.8) is 0 Å². The second kappa shape index (κ2) is 6.28. The highest BCUT2D eigenvalue weighted by Crippen LogP contribution is 2.17. The number of carboxylic acids is 1. The minimum atomic E-state index is -0.942. The van der Waals surface area contributed by atoms with E-state index >= 15 is 0 Å². The Bertz CT molecular complexity index is 635. The van der Waals surface area contributed by atoms with Gasteiger partial charge in [0, 0.05) is 6.42 Å². The maximum Gasteiger partial charge on any atom is 0.330 e. The zero-order valence-electron chi connectivity index (χ0n) is 11.7. The number of azo groups is 1. The van der Waals surface area contributed by atoms with Crippen LogP contribution in [0.2, 0.25) is 0 Å². The molecule has 0 spiro atoms. The minimum absolute atomic E-state index is 0.00783. The molecule has 0 fully saturated rings. The van der Waals surface area contributed by atoms with Crippen LogP contribution in [-0.2, 0) is 11.2 Å². The van der Waals surface area contributed by atoms with E-state index in [0.29, 0.717) is 6.42 Å². The summed E-state index contributed by atoms with van der Waals surface area (Å²) in [6.07, 6.45) is 0.358. The summed E-state index contributed by atoms with van der Waals surface area (Å²) in [7, 11) is 0. The summed E-state index contributed by atoms with van der Waals surface area (Å²) in [6.45, 7) is 3.75. The van der Waals surface area contributed by atoms with Crippen molar-refractivity contribution < 1.29 is 9.90 Å². The van der Waals surface area contributed by atoms with Gasteiger partial charge in [-0.2, -0.15) is 10.2 Å². The number of hydrogen-bond donors (Lipinski definition) is 1. The first-order valence-corrected chi connectivity index (χ1v) is 6.66. The number of carboxylic acid groups (broad SMARTS) is 1. The van der Waals surface area contributed by atoms with Gasteiger partial charge in [0.1, 0.15) is 0 Å². The molecule has 0 bridgehead atoms. The summed E-state index contributed by atoms with van der Waals surface area (Å²) in [5.41, 5.74) is 0.957. The maximum absolute atomic E-state index is 11.2. The number of rotatable bonds is 5. The van der Waals surface area contributed by atoms with Gasteiger partial charge in [-0.3, -0.25) is 0 Å². The van der Waals surface area contributed by atoms with Crippen molar-refractivity contribution >= 4 is 16.7 Å². The molecule has 2 rings (SSSR count). The van der Waals surface area contributed by atoms with E-state index in [1.54, 1.807) is 0 Å². The molecule has 0 saturated heterocycles. The maximum atomic E-state index is 11.2. The average Bonchev–Trinajstić information content (AvgIpc) is 2.42. The first-order chi connectivity index (χ1) is 9.56. The Morgan fingerprint density at radius 1 is 1.10 bits per heavy atom. The van der Waals surface area contributed by atoms with E-state index in [1.807, 2.05) is 56.3 Å². The van der Waals surface area contributed by atoms with Crippen LogP contribution in [0, 0.1) is 0 Å². The third-order valence-corrected chi connectivity index (χ3v) is 2.96. The molecule has 0 heterocycles. The molecule has 2 aromatic rings. The number of aliphatic carboxylic acids is 1. The fourth-order valence-electron chi connectivity index (χ4n) is 1.98. The highest BCUT2D eigenvalue weighted by atomic mass is 16.4. The summed E-state index contributed by atoms with van der Waals surface area (Å²) in [5.74, 6) is -0.942. The molecule has 20 heavy (non-hydrogen) atoms. The Morgan fingerprint density at radius 3 is 2.45 bits per heavy atom. The first-order valence-electron chi connectivity index (χ1n) is 6.66. The molecule has 104 valence electrons. The third-order valence-electron chi connectivity index (χ3n) is 2.96. The highest BCUT2D eigenvalue weighted by Gasteiger charge is 2.17. The molecular formula is C16H18N2O2. The molecule has 0 aliphatic carbocycles. The van der Waals surface area contributed by atoms with Crippen LogP contribution in [-0.4, -0.2) is 23.2 Å². The highest BCUT2D eigenvalue weighted by molar-refractivity contribution is 5.83. The van der Waals surface area contributed by atoms with Gasteiger partial charge >= 0.3 is 5.97 Å². The van der Waals surface area contributed by atoms with E-state index in [1.165, 1.54) is 0 Å². The molecule has 4 heteroatoms. The van der Waals surface area contributed by atoms with Gasteiger partial charge in [-0.15, -0.1) is 0 Å². The lowest BCUT2D eigenvalue weighted by atomic mass is 10.0. The fourth-order valence-corrected chi connectivity index (χ4v) is 1.98. The average molecular weight is 270 g/mol. The molecule has 4 nitrogen and oxygen atoms in total. The van der Waals surface area contributed by atoms with Crippen molar-refractivity contribution in [2.75, 3.05) is 0 Å². The van der Waals surface area contributed by atoms with E-state index in [-0.39, 0.29) is 6.04 Å². The van der Waals surface area contributed by atoms with E-state index in [9.17, 15) is 9.90 Å². The summed E-state index contributed by atoms with van der Waals surface area (Å²) in [4.78, 5) is 11.2. The molecule has 0 saturated carbocycles. The first kappa shape index (κ1) is 14.2. The van der Waals surface area contributed by atoms with Crippen molar-refractivity contribution in [3.05, 3.63) is 48.0 Å². The number of fused-ring (bicyclic) bond motifs is 1. The van der Waals surface area contributed by atoms with Crippen molar-refractivity contribution in [2.45, 2.75) is 32.4 Å². The standard InChI is InChI=1S/C16H18N2O2/c1-11(2)17-18-15(16(19)20)10-12-7-8-13-5-3-4-6-14(13)9-12/h3-9,11,15H,10H2,1-2H3,(H,19,20). The van der Waals surface area contributed by atoms with Crippen molar-refractivity contribution in [1.29, 1.82) is 0 Å². The van der Waals surface area contributed by atoms with Crippen LogP contribution in [0.15, 0.2) is 52.7 Å². The predicted octanol–water partition coefficient (Wildman–Crippen LogP) is 3.70. The smallest absolute Gasteiger partial charge is 0.330 e. The number of carbonyl (C=O) groups is 1. The quantitative estimate of drug-likeness (QED) is 0.842. The zero-order chi connectivity index (χ0) is 14.5. The Balaban J connectivity index is 2.22. The van der Waals surface area contributed by atoms with Gasteiger partial charge < -0.3 is 5.11 Å². The number of nitrogens with zero attached hydrogens (tertiary/aromatic N) is 2. The summed E-state index contributed by atoms with van der Waals surface area (Å²) in [5, 5.41) is 19.3. The molecular weight excluding hydrogens is 252 g/mol. The zero-order valence-corrected chi connectivity index (χ0v) is 11.7. The largest absolute Gasteiger partial charge is 0.480 e. The van der Waals surface area contributed by atoms with Gasteiger partial charge in [0.15, 0.2) is 6.04 Å². The van der Waals surface area contributed by atoms with Crippen LogP contribution in [0.1, 0.15) is 19.4 Å². The van der Waals surface area contributed by atoms with Crippen LogP contribution >= 0.6 is 0 Å². The molecule has 2 aromatic carbocycles. The topological polar surface area (TPSA) is 62.0 Å². The molecule has 0 aliphatic rings. The Kier molecular flexibility index (Phi) is 4.45. The lowest BCUT2D eigenvalue weighted by Gasteiger charge is -2.08. The van der Waals surface area contributed by atoms with Gasteiger partial charge in [0.25, 0.3) is 0 Å². The minimum Gasteiger partial charge on any atom is -0.480 e. The van der Waals surface area contributed by atoms with Crippen LogP contribution < -0.4 is 0 Å². The Labute approximate surface area is 118 Å². The Hall–Kier alpha value is -2.23. The van der Waals surface area contributed by atoms with Gasteiger partial charge in [0.2, 0.25) is 0 Å². The monoisotopic (exact) mass is 270 g/mol. The van der Waals surface area contributed by atoms with Crippen molar-refractivity contribution in [3.8, 4) is 0 Å².